The number of hydrogen-bond donors (Lipinski definition) is 0. The number of pyridine rings is 2. The van der Waals surface area contributed by atoms with Gasteiger partial charge in [-0.2, -0.15) is 5.26 Å². The number of fused-ring (bicyclic) bond motifs is 2. The lowest BCUT2D eigenvalue weighted by atomic mass is 9.83. The Morgan fingerprint density at radius 2 is 1.91 bits per heavy atom. The first-order valence-corrected chi connectivity index (χ1v) is 16.0. The number of anilines is 1. The van der Waals surface area contributed by atoms with Gasteiger partial charge in [-0.05, 0) is 55.6 Å². The van der Waals surface area contributed by atoms with Gasteiger partial charge >= 0.3 is 0 Å². The number of ether oxygens (including phenoxy) is 2. The first-order valence-electron chi connectivity index (χ1n) is 15.6. The van der Waals surface area contributed by atoms with Gasteiger partial charge in [-0.3, -0.25) is 0 Å². The summed E-state index contributed by atoms with van der Waals surface area (Å²) >= 11 is 6.55. The lowest BCUT2D eigenvalue weighted by molar-refractivity contribution is 0.0247. The quantitative estimate of drug-likeness (QED) is 0.223. The van der Waals surface area contributed by atoms with Crippen LogP contribution in [0.5, 0.6) is 5.88 Å². The molecule has 0 spiro atoms. The highest BCUT2D eigenvalue weighted by atomic mass is 35.5. The van der Waals surface area contributed by atoms with Crippen LogP contribution >= 0.6 is 11.6 Å². The van der Waals surface area contributed by atoms with Gasteiger partial charge in [0, 0.05) is 25.4 Å². The molecule has 9 heteroatoms. The molecule has 3 fully saturated rings. The molecule has 4 aromatic rings. The van der Waals surface area contributed by atoms with Crippen molar-refractivity contribution in [1.82, 2.24) is 19.5 Å². The van der Waals surface area contributed by atoms with Crippen molar-refractivity contribution in [1.29, 1.82) is 5.26 Å². The summed E-state index contributed by atoms with van der Waals surface area (Å²) in [6.45, 7) is 5.05. The van der Waals surface area contributed by atoms with E-state index in [-0.39, 0.29) is 6.10 Å². The molecule has 0 amide bonds. The number of benzene rings is 1. The summed E-state index contributed by atoms with van der Waals surface area (Å²) < 4.78 is 14.8. The molecule has 222 valence electrons. The molecule has 3 aliphatic rings. The molecule has 8 nitrogen and oxygen atoms in total. The summed E-state index contributed by atoms with van der Waals surface area (Å²) in [5, 5.41) is 10.5. The maximum absolute atomic E-state index is 10.0. The van der Waals surface area contributed by atoms with Crippen LogP contribution in [0.25, 0.3) is 22.3 Å². The average molecular weight is 597 g/mol. The van der Waals surface area contributed by atoms with Crippen molar-refractivity contribution in [3.63, 3.8) is 0 Å². The lowest BCUT2D eigenvalue weighted by Crippen LogP contribution is -2.49. The van der Waals surface area contributed by atoms with E-state index in [2.05, 4.69) is 27.4 Å². The van der Waals surface area contributed by atoms with Crippen molar-refractivity contribution < 1.29 is 9.47 Å². The molecular weight excluding hydrogens is 560 g/mol. The van der Waals surface area contributed by atoms with Crippen molar-refractivity contribution >= 4 is 28.6 Å². The van der Waals surface area contributed by atoms with Crippen molar-refractivity contribution in [2.24, 2.45) is 11.8 Å². The zero-order chi connectivity index (χ0) is 29.3. The summed E-state index contributed by atoms with van der Waals surface area (Å²) in [7, 11) is 0. The van der Waals surface area contributed by atoms with Crippen LogP contribution in [-0.4, -0.2) is 44.8 Å². The van der Waals surface area contributed by atoms with Gasteiger partial charge < -0.3 is 18.9 Å². The first kappa shape index (κ1) is 28.1. The Bertz CT molecular complexity index is 1640. The molecule has 1 aromatic carbocycles. The van der Waals surface area contributed by atoms with E-state index < -0.39 is 0 Å². The average Bonchev–Trinajstić information content (AvgIpc) is 3.66. The molecule has 2 aliphatic carbocycles. The van der Waals surface area contributed by atoms with Crippen LogP contribution in [0.4, 0.5) is 5.95 Å². The Labute approximate surface area is 257 Å². The lowest BCUT2D eigenvalue weighted by Gasteiger charge is -2.39. The molecule has 1 saturated heterocycles. The Balaban J connectivity index is 1.38. The Morgan fingerprint density at radius 1 is 1.07 bits per heavy atom. The number of nitriles is 1. The zero-order valence-corrected chi connectivity index (χ0v) is 25.3. The summed E-state index contributed by atoms with van der Waals surface area (Å²) in [5.74, 6) is 2.70. The van der Waals surface area contributed by atoms with Gasteiger partial charge in [-0.25, -0.2) is 15.0 Å². The fraction of sp³-hybridized carbons (Fsp3) is 0.471. The standard InChI is InChI=1S/C34H37ClN6O2/c1-22-10-12-23(13-11-22)20-41-32-28(39-34(41)40-14-15-42-30-9-5-8-29(30)40)17-26(18-36)38-31(32)27-16-25(35)19-37-33(27)43-21-24-6-3-2-4-7-24/h2-4,6-7,16-17,19,22-23,29-30H,5,8-15,20-21H2,1H3/t22?,23?,29-,30-/m1/s1. The van der Waals surface area contributed by atoms with Gasteiger partial charge in [0.1, 0.15) is 24.1 Å². The minimum atomic E-state index is 0.236. The third-order valence-electron chi connectivity index (χ3n) is 9.43. The highest BCUT2D eigenvalue weighted by Crippen LogP contribution is 2.41. The molecule has 2 saturated carbocycles. The largest absolute Gasteiger partial charge is 0.472 e. The predicted molar refractivity (Wildman–Crippen MR) is 167 cm³/mol. The molecule has 4 heterocycles. The van der Waals surface area contributed by atoms with E-state index in [0.717, 1.165) is 60.8 Å². The van der Waals surface area contributed by atoms with Crippen LogP contribution in [0.3, 0.4) is 0 Å². The van der Waals surface area contributed by atoms with Crippen LogP contribution in [0.1, 0.15) is 63.1 Å². The van der Waals surface area contributed by atoms with Crippen LogP contribution in [-0.2, 0) is 17.9 Å². The van der Waals surface area contributed by atoms with Gasteiger partial charge in [0.2, 0.25) is 11.8 Å². The smallest absolute Gasteiger partial charge is 0.223 e. The van der Waals surface area contributed by atoms with Gasteiger partial charge in [0.15, 0.2) is 0 Å². The highest BCUT2D eigenvalue weighted by Gasteiger charge is 2.39. The number of morpholine rings is 1. The van der Waals surface area contributed by atoms with E-state index in [1.165, 1.54) is 25.7 Å². The third kappa shape index (κ3) is 5.69. The summed E-state index contributed by atoms with van der Waals surface area (Å²) in [4.78, 5) is 17.2. The van der Waals surface area contributed by atoms with Gasteiger partial charge in [-0.15, -0.1) is 0 Å². The first-order chi connectivity index (χ1) is 21.1. The van der Waals surface area contributed by atoms with Crippen LogP contribution < -0.4 is 9.64 Å². The molecule has 43 heavy (non-hydrogen) atoms. The van der Waals surface area contributed by atoms with Crippen LogP contribution in [0, 0.1) is 23.2 Å². The van der Waals surface area contributed by atoms with Crippen molar-refractivity contribution in [3.05, 3.63) is 64.9 Å². The van der Waals surface area contributed by atoms with Crippen molar-refractivity contribution in [3.8, 4) is 23.2 Å². The number of aromatic nitrogens is 4. The fourth-order valence-corrected chi connectivity index (χ4v) is 7.32. The summed E-state index contributed by atoms with van der Waals surface area (Å²) in [5.41, 5.74) is 4.30. The van der Waals surface area contributed by atoms with Gasteiger partial charge in [0.25, 0.3) is 0 Å². The SMILES string of the molecule is CC1CCC(Cn2c(N3CCO[C@@H]4CCC[C@H]43)nc3cc(C#N)nc(-c4cc(Cl)cnc4OCc4ccccc4)c32)CC1. The van der Waals surface area contributed by atoms with Crippen molar-refractivity contribution in [2.75, 3.05) is 18.1 Å². The monoisotopic (exact) mass is 596 g/mol. The Kier molecular flexibility index (Phi) is 7.94. The molecule has 0 N–H and O–H groups in total. The van der Waals surface area contributed by atoms with E-state index in [0.29, 0.717) is 53.0 Å². The van der Waals surface area contributed by atoms with Crippen LogP contribution in [0.15, 0.2) is 48.7 Å². The van der Waals surface area contributed by atoms with Crippen molar-refractivity contribution in [2.45, 2.75) is 77.2 Å². The second kappa shape index (κ2) is 12.1. The van der Waals surface area contributed by atoms with Gasteiger partial charge in [0.05, 0.1) is 40.4 Å². The number of halogens is 1. The molecule has 7 rings (SSSR count). The van der Waals surface area contributed by atoms with E-state index >= 15 is 0 Å². The van der Waals surface area contributed by atoms with Gasteiger partial charge in [-0.1, -0.05) is 61.7 Å². The fourth-order valence-electron chi connectivity index (χ4n) is 7.16. The second-order valence-electron chi connectivity index (χ2n) is 12.4. The summed E-state index contributed by atoms with van der Waals surface area (Å²) in [6, 6.07) is 16.2. The normalized spacial score (nSPS) is 23.7. The zero-order valence-electron chi connectivity index (χ0n) is 24.6. The minimum Gasteiger partial charge on any atom is -0.472 e. The second-order valence-corrected chi connectivity index (χ2v) is 12.8. The molecule has 0 unspecified atom stereocenters. The molecule has 3 aromatic heterocycles. The Hall–Kier alpha value is -3.67. The Morgan fingerprint density at radius 3 is 2.72 bits per heavy atom. The molecular formula is C34H37ClN6O2. The van der Waals surface area contributed by atoms with E-state index in [4.69, 9.17) is 31.0 Å². The van der Waals surface area contributed by atoms with E-state index in [9.17, 15) is 5.26 Å². The molecule has 2 atom stereocenters. The molecule has 1 aliphatic heterocycles. The third-order valence-corrected chi connectivity index (χ3v) is 9.63. The highest BCUT2D eigenvalue weighted by molar-refractivity contribution is 6.30. The maximum atomic E-state index is 10.0. The van der Waals surface area contributed by atoms with E-state index in [1.54, 1.807) is 6.20 Å². The molecule has 0 bridgehead atoms. The topological polar surface area (TPSA) is 89.1 Å². The van der Waals surface area contributed by atoms with E-state index in [1.807, 2.05) is 42.5 Å². The number of imidazole rings is 1. The molecule has 0 radical (unpaired) electrons. The summed E-state index contributed by atoms with van der Waals surface area (Å²) in [6.07, 6.45) is 10.0. The predicted octanol–water partition coefficient (Wildman–Crippen LogP) is 7.18. The number of hydrogen-bond acceptors (Lipinski definition) is 7. The number of rotatable bonds is 7. The maximum Gasteiger partial charge on any atom is 0.223 e. The number of nitrogens with zero attached hydrogens (tertiary/aromatic N) is 6. The van der Waals surface area contributed by atoms with Crippen LogP contribution in [0.2, 0.25) is 5.02 Å². The minimum absolute atomic E-state index is 0.236.